The molecule has 0 spiro atoms. The van der Waals surface area contributed by atoms with Crippen LogP contribution in [-0.2, 0) is 4.74 Å². The first kappa shape index (κ1) is 20.2. The van der Waals surface area contributed by atoms with Crippen LogP contribution in [0.25, 0.3) is 0 Å². The van der Waals surface area contributed by atoms with Crippen molar-refractivity contribution in [3.63, 3.8) is 0 Å². The minimum absolute atomic E-state index is 0.218. The van der Waals surface area contributed by atoms with Crippen LogP contribution in [-0.4, -0.2) is 61.5 Å². The summed E-state index contributed by atoms with van der Waals surface area (Å²) in [5.41, 5.74) is 1.60. The van der Waals surface area contributed by atoms with Gasteiger partial charge in [-0.2, -0.15) is 0 Å². The molecule has 0 radical (unpaired) electrons. The predicted octanol–water partition coefficient (Wildman–Crippen LogP) is 1.71. The first-order valence-electron chi connectivity index (χ1n) is 9.28. The Balaban J connectivity index is 1.65. The van der Waals surface area contributed by atoms with Crippen molar-refractivity contribution >= 4 is 47.5 Å². The third-order valence-electron chi connectivity index (χ3n) is 4.28. The van der Waals surface area contributed by atoms with E-state index in [1.807, 2.05) is 52.9 Å². The molecule has 0 atom stereocenters. The minimum Gasteiger partial charge on any atom is -0.444 e. The highest BCUT2D eigenvalue weighted by atomic mass is 32.1. The van der Waals surface area contributed by atoms with Crippen LogP contribution in [0.4, 0.5) is 16.2 Å². The van der Waals surface area contributed by atoms with Gasteiger partial charge in [0.2, 0.25) is 0 Å². The third kappa shape index (κ3) is 5.04. The van der Waals surface area contributed by atoms with Gasteiger partial charge in [0.05, 0.1) is 11.4 Å². The smallest absolute Gasteiger partial charge is 0.410 e. The van der Waals surface area contributed by atoms with E-state index in [0.29, 0.717) is 31.9 Å². The van der Waals surface area contributed by atoms with Crippen LogP contribution in [0.3, 0.4) is 0 Å². The summed E-state index contributed by atoms with van der Waals surface area (Å²) in [7, 11) is 1.87. The van der Waals surface area contributed by atoms with Crippen molar-refractivity contribution in [2.45, 2.75) is 26.4 Å². The van der Waals surface area contributed by atoms with E-state index in [4.69, 9.17) is 4.74 Å². The summed E-state index contributed by atoms with van der Waals surface area (Å²) in [4.78, 5) is 33.7. The van der Waals surface area contributed by atoms with Crippen LogP contribution in [0.5, 0.6) is 0 Å². The van der Waals surface area contributed by atoms with Gasteiger partial charge in [-0.3, -0.25) is 4.79 Å². The number of rotatable bonds is 3. The van der Waals surface area contributed by atoms with Crippen molar-refractivity contribution in [1.29, 1.82) is 0 Å². The highest BCUT2D eigenvalue weighted by Gasteiger charge is 2.27. The number of hydrogen-bond acceptors (Lipinski definition) is 6. The molecule has 7 nitrogen and oxygen atoms in total. The quantitative estimate of drug-likeness (QED) is 0.795. The summed E-state index contributed by atoms with van der Waals surface area (Å²) >= 11 is 1.45. The van der Waals surface area contributed by atoms with E-state index in [1.165, 1.54) is 11.3 Å². The van der Waals surface area contributed by atoms with Gasteiger partial charge in [-0.15, -0.1) is 11.3 Å². The average Bonchev–Trinajstić information content (AvgIpc) is 3.07. The van der Waals surface area contributed by atoms with Gasteiger partial charge in [-0.25, -0.2) is 9.78 Å². The molecule has 28 heavy (non-hydrogen) atoms. The number of amides is 2. The highest BCUT2D eigenvalue weighted by molar-refractivity contribution is 7.17. The minimum atomic E-state index is -0.501. The zero-order chi connectivity index (χ0) is 20.3. The fourth-order valence-corrected chi connectivity index (χ4v) is 3.56. The van der Waals surface area contributed by atoms with Gasteiger partial charge in [0.15, 0.2) is 7.85 Å². The number of nitrogens with one attached hydrogen (secondary N) is 1. The zero-order valence-corrected chi connectivity index (χ0v) is 17.5. The first-order chi connectivity index (χ1) is 13.2. The molecule has 1 saturated heterocycles. The van der Waals surface area contributed by atoms with Crippen molar-refractivity contribution in [2.75, 3.05) is 36.4 Å². The molecule has 1 aromatic heterocycles. The molecule has 1 fully saturated rings. The summed E-state index contributed by atoms with van der Waals surface area (Å²) in [6.45, 7) is 8.08. The van der Waals surface area contributed by atoms with Crippen molar-refractivity contribution in [3.05, 3.63) is 35.3 Å². The van der Waals surface area contributed by atoms with Crippen molar-refractivity contribution in [2.24, 2.45) is 0 Å². The topological polar surface area (TPSA) is 74.8 Å². The van der Waals surface area contributed by atoms with E-state index >= 15 is 0 Å². The largest absolute Gasteiger partial charge is 0.444 e. The Labute approximate surface area is 170 Å². The molecule has 1 aliphatic rings. The fourth-order valence-electron chi connectivity index (χ4n) is 2.97. The molecule has 0 aliphatic carbocycles. The molecule has 1 N–H and O–H groups in total. The number of nitrogens with zero attached hydrogens (tertiary/aromatic N) is 3. The van der Waals surface area contributed by atoms with Crippen LogP contribution in [0.2, 0.25) is 0 Å². The Morgan fingerprint density at radius 1 is 1.18 bits per heavy atom. The number of anilines is 2. The summed E-state index contributed by atoms with van der Waals surface area (Å²) in [6.07, 6.45) is -0.285. The Morgan fingerprint density at radius 2 is 1.86 bits per heavy atom. The Kier molecular flexibility index (Phi) is 5.93. The van der Waals surface area contributed by atoms with Crippen LogP contribution in [0.15, 0.2) is 29.6 Å². The van der Waals surface area contributed by atoms with Crippen LogP contribution < -0.4 is 15.1 Å². The lowest BCUT2D eigenvalue weighted by Crippen LogP contribution is -2.50. The van der Waals surface area contributed by atoms with Gasteiger partial charge in [-0.05, 0) is 32.9 Å². The maximum atomic E-state index is 12.5. The number of ether oxygens (including phenoxy) is 1. The zero-order valence-electron chi connectivity index (χ0n) is 16.7. The molecule has 2 aromatic rings. The highest BCUT2D eigenvalue weighted by Crippen LogP contribution is 2.27. The molecule has 2 heterocycles. The second-order valence-corrected chi connectivity index (χ2v) is 8.74. The summed E-state index contributed by atoms with van der Waals surface area (Å²) in [6, 6.07) is 7.69. The Morgan fingerprint density at radius 3 is 2.46 bits per heavy atom. The molecule has 0 saturated carbocycles. The number of hydrogen-bond donors (Lipinski definition) is 1. The van der Waals surface area contributed by atoms with E-state index in [1.54, 1.807) is 10.3 Å². The number of para-hydroxylation sites is 2. The molecule has 0 unspecified atom stereocenters. The SMILES string of the molecule is Bc1nc(C(=O)Nc2ccccc2N2CCN(C(=O)OC(C)(C)C)CC2)cs1. The van der Waals surface area contributed by atoms with Crippen molar-refractivity contribution in [1.82, 2.24) is 9.88 Å². The van der Waals surface area contributed by atoms with Crippen molar-refractivity contribution in [3.8, 4) is 0 Å². The molecule has 3 rings (SSSR count). The number of carbonyl (C=O) groups excluding carboxylic acids is 2. The Bertz CT molecular complexity index is 857. The second-order valence-electron chi connectivity index (χ2n) is 7.68. The van der Waals surface area contributed by atoms with E-state index in [-0.39, 0.29) is 12.0 Å². The molecule has 1 aromatic carbocycles. The maximum Gasteiger partial charge on any atom is 0.410 e. The van der Waals surface area contributed by atoms with Gasteiger partial charge in [-0.1, -0.05) is 12.1 Å². The molecular weight excluding hydrogens is 375 g/mol. The van der Waals surface area contributed by atoms with E-state index in [2.05, 4.69) is 15.2 Å². The number of benzene rings is 1. The molecule has 1 aliphatic heterocycles. The standard InChI is InChI=1S/C19H25BN4O3S/c1-19(2,3)27-18(26)24-10-8-23(9-11-24)15-7-5-4-6-13(15)21-16(25)14-12-28-17(20)22-14/h4-7,12H,8-11,20H2,1-3H3,(H,21,25). The monoisotopic (exact) mass is 400 g/mol. The van der Waals surface area contributed by atoms with Gasteiger partial charge >= 0.3 is 6.09 Å². The molecule has 2 amide bonds. The summed E-state index contributed by atoms with van der Waals surface area (Å²) in [5.74, 6) is -0.218. The lowest BCUT2D eigenvalue weighted by atomic mass is 10.2. The van der Waals surface area contributed by atoms with E-state index in [0.717, 1.165) is 16.3 Å². The third-order valence-corrected chi connectivity index (χ3v) is 5.05. The van der Waals surface area contributed by atoms with Crippen LogP contribution >= 0.6 is 11.3 Å². The fraction of sp³-hybridized carbons (Fsp3) is 0.421. The Hall–Kier alpha value is -2.55. The number of carbonyl (C=O) groups is 2. The lowest BCUT2D eigenvalue weighted by Gasteiger charge is -2.37. The molecule has 0 bridgehead atoms. The predicted molar refractivity (Wildman–Crippen MR) is 115 cm³/mol. The average molecular weight is 400 g/mol. The van der Waals surface area contributed by atoms with E-state index < -0.39 is 5.60 Å². The molecule has 148 valence electrons. The van der Waals surface area contributed by atoms with Gasteiger partial charge < -0.3 is 19.9 Å². The number of thiazole rings is 1. The maximum absolute atomic E-state index is 12.5. The normalized spacial score (nSPS) is 14.7. The van der Waals surface area contributed by atoms with Gasteiger partial charge in [0, 0.05) is 36.5 Å². The molecule has 9 heteroatoms. The second kappa shape index (κ2) is 8.22. The number of aromatic nitrogens is 1. The lowest BCUT2D eigenvalue weighted by molar-refractivity contribution is 0.0240. The van der Waals surface area contributed by atoms with Gasteiger partial charge in [0.1, 0.15) is 11.3 Å². The number of piperazine rings is 1. The van der Waals surface area contributed by atoms with Crippen LogP contribution in [0.1, 0.15) is 31.3 Å². The molecular formula is C19H25BN4O3S. The van der Waals surface area contributed by atoms with Crippen LogP contribution in [0, 0.1) is 0 Å². The van der Waals surface area contributed by atoms with E-state index in [9.17, 15) is 9.59 Å². The summed E-state index contributed by atoms with van der Waals surface area (Å²) < 4.78 is 5.45. The van der Waals surface area contributed by atoms with Gasteiger partial charge in [0.25, 0.3) is 5.91 Å². The first-order valence-corrected chi connectivity index (χ1v) is 10.2. The summed E-state index contributed by atoms with van der Waals surface area (Å²) in [5, 5.41) is 4.72. The van der Waals surface area contributed by atoms with Crippen molar-refractivity contribution < 1.29 is 14.3 Å².